The zero-order valence-electron chi connectivity index (χ0n) is 25.5. The van der Waals surface area contributed by atoms with Crippen LogP contribution in [0.25, 0.3) is 11.2 Å². The number of aromatic nitrogens is 4. The molecule has 0 radical (unpaired) electrons. The molecule has 2 saturated carbocycles. The molecule has 2 amide bonds. The number of halogens is 1. The molecule has 6 rings (SSSR count). The molecule has 43 heavy (non-hydrogen) atoms. The van der Waals surface area contributed by atoms with E-state index in [4.69, 9.17) is 4.43 Å². The van der Waals surface area contributed by atoms with Gasteiger partial charge in [0.15, 0.2) is 25.3 Å². The number of fused-ring (bicyclic) bond motifs is 2. The normalized spacial score (nSPS) is 25.0. The van der Waals surface area contributed by atoms with Gasteiger partial charge in [0.2, 0.25) is 0 Å². The third-order valence-electron chi connectivity index (χ3n) is 9.98. The van der Waals surface area contributed by atoms with Gasteiger partial charge in [0.25, 0.3) is 11.8 Å². The summed E-state index contributed by atoms with van der Waals surface area (Å²) in [6.45, 7) is 13.0. The lowest BCUT2D eigenvalue weighted by atomic mass is 9.97. The molecule has 2 heterocycles. The summed E-state index contributed by atoms with van der Waals surface area (Å²) < 4.78 is 25.2. The number of benzene rings is 2. The summed E-state index contributed by atoms with van der Waals surface area (Å²) >= 11 is 0. The minimum absolute atomic E-state index is 0.0476. The third-order valence-corrected chi connectivity index (χ3v) is 14.4. The molecule has 0 saturated heterocycles. The number of carbonyl (C=O) groups excluding carboxylic acids is 2. The molecule has 5 atom stereocenters. The standard InChI is InChI=1S/C33H38FN5O3Si/c1-7-33-18-23(33)26(24(34)27(33)42-43(5,6)32(2,3)4)38-20-37-25-28(38)35-19-36-29(25)39(30(40)21-14-10-8-11-15-21)31(41)22-16-12-9-13-17-22/h8-17,19-20,23-24,26-27H,7,18H2,1-6H3/t23-,24+,26-,27+,33-/m1/s1. The van der Waals surface area contributed by atoms with Crippen LogP contribution in [0.2, 0.25) is 18.1 Å². The van der Waals surface area contributed by atoms with Gasteiger partial charge in [-0.15, -0.1) is 0 Å². The molecule has 2 aliphatic carbocycles. The van der Waals surface area contributed by atoms with Gasteiger partial charge in [0, 0.05) is 16.5 Å². The Kier molecular flexibility index (Phi) is 7.12. The summed E-state index contributed by atoms with van der Waals surface area (Å²) in [4.78, 5) is 42.3. The Morgan fingerprint density at radius 3 is 2.12 bits per heavy atom. The maximum atomic E-state index is 16.6. The van der Waals surface area contributed by atoms with E-state index in [1.807, 2.05) is 0 Å². The fraction of sp³-hybridized carbons (Fsp3) is 0.424. The van der Waals surface area contributed by atoms with Crippen molar-refractivity contribution in [1.29, 1.82) is 0 Å². The number of amides is 2. The molecule has 2 aliphatic rings. The van der Waals surface area contributed by atoms with Crippen LogP contribution in [-0.4, -0.2) is 51.9 Å². The van der Waals surface area contributed by atoms with E-state index in [2.05, 4.69) is 55.7 Å². The number of anilines is 1. The first kappa shape index (κ1) is 29.3. The molecule has 224 valence electrons. The summed E-state index contributed by atoms with van der Waals surface area (Å²) in [6, 6.07) is 16.6. The van der Waals surface area contributed by atoms with Crippen LogP contribution in [0.3, 0.4) is 0 Å². The number of carbonyl (C=O) groups is 2. The van der Waals surface area contributed by atoms with Gasteiger partial charge < -0.3 is 8.99 Å². The molecule has 0 spiro atoms. The summed E-state index contributed by atoms with van der Waals surface area (Å²) in [5, 5.41) is -0.0476. The molecule has 4 aromatic rings. The average Bonchev–Trinajstić information content (AvgIpc) is 3.49. The molecular formula is C33H38FN5O3Si. The minimum atomic E-state index is -2.24. The van der Waals surface area contributed by atoms with Crippen molar-refractivity contribution in [3.8, 4) is 0 Å². The maximum absolute atomic E-state index is 16.6. The molecule has 2 aromatic carbocycles. The fourth-order valence-corrected chi connectivity index (χ4v) is 7.77. The van der Waals surface area contributed by atoms with Crippen molar-refractivity contribution in [2.24, 2.45) is 11.3 Å². The van der Waals surface area contributed by atoms with E-state index >= 15 is 4.39 Å². The number of imidazole rings is 1. The van der Waals surface area contributed by atoms with Crippen molar-refractivity contribution in [2.75, 3.05) is 4.90 Å². The zero-order valence-corrected chi connectivity index (χ0v) is 26.5. The van der Waals surface area contributed by atoms with E-state index in [-0.39, 0.29) is 27.7 Å². The highest BCUT2D eigenvalue weighted by Crippen LogP contribution is 2.71. The van der Waals surface area contributed by atoms with Crippen LogP contribution in [0.15, 0.2) is 73.3 Å². The van der Waals surface area contributed by atoms with E-state index in [1.54, 1.807) is 71.6 Å². The second-order valence-electron chi connectivity index (χ2n) is 13.3. The number of nitrogens with zero attached hydrogens (tertiary/aromatic N) is 5. The van der Waals surface area contributed by atoms with Crippen LogP contribution < -0.4 is 4.90 Å². The molecule has 2 fully saturated rings. The van der Waals surface area contributed by atoms with Gasteiger partial charge >= 0.3 is 0 Å². The second-order valence-corrected chi connectivity index (χ2v) is 18.1. The molecule has 2 aromatic heterocycles. The Labute approximate surface area is 252 Å². The number of hydrogen-bond acceptors (Lipinski definition) is 6. The van der Waals surface area contributed by atoms with Crippen LogP contribution in [0.5, 0.6) is 0 Å². The smallest absolute Gasteiger partial charge is 0.266 e. The predicted molar refractivity (Wildman–Crippen MR) is 166 cm³/mol. The highest BCUT2D eigenvalue weighted by molar-refractivity contribution is 6.74. The Morgan fingerprint density at radius 2 is 1.58 bits per heavy atom. The lowest BCUT2D eigenvalue weighted by Gasteiger charge is -2.41. The van der Waals surface area contributed by atoms with Crippen molar-refractivity contribution < 1.29 is 18.4 Å². The number of alkyl halides is 1. The van der Waals surface area contributed by atoms with E-state index in [9.17, 15) is 9.59 Å². The van der Waals surface area contributed by atoms with Crippen molar-refractivity contribution >= 4 is 37.1 Å². The first-order valence-electron chi connectivity index (χ1n) is 14.9. The van der Waals surface area contributed by atoms with E-state index in [1.165, 1.54) is 6.33 Å². The first-order valence-corrected chi connectivity index (χ1v) is 17.8. The van der Waals surface area contributed by atoms with Crippen LogP contribution in [0.1, 0.15) is 67.3 Å². The number of hydrogen-bond donors (Lipinski definition) is 0. The van der Waals surface area contributed by atoms with Crippen molar-refractivity contribution in [1.82, 2.24) is 19.5 Å². The molecule has 0 N–H and O–H groups in total. The Balaban J connectivity index is 1.42. The maximum Gasteiger partial charge on any atom is 0.266 e. The topological polar surface area (TPSA) is 90.2 Å². The number of imide groups is 1. The Morgan fingerprint density at radius 1 is 1.00 bits per heavy atom. The van der Waals surface area contributed by atoms with Crippen molar-refractivity contribution in [2.45, 2.75) is 77.0 Å². The Bertz CT molecular complexity index is 1620. The van der Waals surface area contributed by atoms with Gasteiger partial charge in [-0.25, -0.2) is 24.2 Å². The SMILES string of the molecule is CC[C@@]12C[C@@H]1[C@@H](n1cnc3c(N(C(=O)c4ccccc4)C(=O)c4ccccc4)ncnc31)[C@H](F)[C@@H]2O[Si](C)(C)C(C)(C)C. The van der Waals surface area contributed by atoms with Gasteiger partial charge in [-0.1, -0.05) is 64.1 Å². The van der Waals surface area contributed by atoms with Gasteiger partial charge in [0.05, 0.1) is 18.5 Å². The molecular weight excluding hydrogens is 561 g/mol. The minimum Gasteiger partial charge on any atom is -0.410 e. The monoisotopic (exact) mass is 599 g/mol. The largest absolute Gasteiger partial charge is 0.410 e. The van der Waals surface area contributed by atoms with E-state index < -0.39 is 38.4 Å². The fourth-order valence-electron chi connectivity index (χ4n) is 6.41. The van der Waals surface area contributed by atoms with Crippen molar-refractivity contribution in [3.63, 3.8) is 0 Å². The van der Waals surface area contributed by atoms with Crippen LogP contribution in [-0.2, 0) is 4.43 Å². The van der Waals surface area contributed by atoms with Crippen LogP contribution in [0.4, 0.5) is 10.2 Å². The third kappa shape index (κ3) is 4.71. The lowest BCUT2D eigenvalue weighted by molar-refractivity contribution is 0.0389. The van der Waals surface area contributed by atoms with Crippen LogP contribution in [0, 0.1) is 11.3 Å². The summed E-state index contributed by atoms with van der Waals surface area (Å²) in [6.07, 6.45) is 2.82. The molecule has 0 aliphatic heterocycles. The molecule has 10 heteroatoms. The molecule has 0 unspecified atom stereocenters. The quantitative estimate of drug-likeness (QED) is 0.168. The highest BCUT2D eigenvalue weighted by Gasteiger charge is 2.72. The van der Waals surface area contributed by atoms with Crippen molar-refractivity contribution in [3.05, 3.63) is 84.4 Å². The summed E-state index contributed by atoms with van der Waals surface area (Å²) in [7, 11) is -2.24. The summed E-state index contributed by atoms with van der Waals surface area (Å²) in [5.41, 5.74) is 1.07. The van der Waals surface area contributed by atoms with Crippen LogP contribution >= 0.6 is 0 Å². The first-order chi connectivity index (χ1) is 20.4. The Hall–Kier alpha value is -3.76. The average molecular weight is 600 g/mol. The van der Waals surface area contributed by atoms with Gasteiger partial charge in [-0.05, 0) is 61.2 Å². The van der Waals surface area contributed by atoms with E-state index in [0.29, 0.717) is 16.8 Å². The molecule has 0 bridgehead atoms. The summed E-state index contributed by atoms with van der Waals surface area (Å²) in [5.74, 6) is -0.941. The molecule has 8 nitrogen and oxygen atoms in total. The van der Waals surface area contributed by atoms with Gasteiger partial charge in [-0.3, -0.25) is 9.59 Å². The number of rotatable bonds is 7. The lowest BCUT2D eigenvalue weighted by Crippen LogP contribution is -2.48. The highest BCUT2D eigenvalue weighted by atomic mass is 28.4. The predicted octanol–water partition coefficient (Wildman–Crippen LogP) is 7.01. The second kappa shape index (κ2) is 10.4. The van der Waals surface area contributed by atoms with Gasteiger partial charge in [-0.2, -0.15) is 0 Å². The van der Waals surface area contributed by atoms with E-state index in [0.717, 1.165) is 17.7 Å². The van der Waals surface area contributed by atoms with Gasteiger partial charge in [0.1, 0.15) is 12.5 Å². The zero-order chi connectivity index (χ0) is 30.7.